The van der Waals surface area contributed by atoms with Crippen LogP contribution in [0.4, 0.5) is 5.69 Å². The predicted molar refractivity (Wildman–Crippen MR) is 104 cm³/mol. The van der Waals surface area contributed by atoms with Crippen LogP contribution in [-0.4, -0.2) is 36.4 Å². The molecule has 0 saturated carbocycles. The lowest BCUT2D eigenvalue weighted by molar-refractivity contribution is -0.130. The fourth-order valence-electron chi connectivity index (χ4n) is 2.85. The van der Waals surface area contributed by atoms with Crippen LogP contribution in [0, 0.1) is 0 Å². The molecule has 26 heavy (non-hydrogen) atoms. The Hall–Kier alpha value is -3.02. The largest absolute Gasteiger partial charge is 0.457 e. The zero-order valence-electron chi connectivity index (χ0n) is 14.7. The van der Waals surface area contributed by atoms with Gasteiger partial charge in [0.25, 0.3) is 0 Å². The quantitative estimate of drug-likeness (QED) is 0.640. The van der Waals surface area contributed by atoms with E-state index in [4.69, 9.17) is 10.5 Å². The van der Waals surface area contributed by atoms with Gasteiger partial charge in [-0.1, -0.05) is 24.3 Å². The van der Waals surface area contributed by atoms with Crippen molar-refractivity contribution in [3.63, 3.8) is 0 Å². The summed E-state index contributed by atoms with van der Waals surface area (Å²) < 4.78 is 5.80. The van der Waals surface area contributed by atoms with Crippen molar-refractivity contribution in [1.29, 1.82) is 0 Å². The number of carbonyl (C=O) groups excluding carboxylic acids is 1. The molecule has 3 N–H and O–H groups in total. The van der Waals surface area contributed by atoms with Gasteiger partial charge in [-0.05, 0) is 43.5 Å². The minimum atomic E-state index is 0.0237. The van der Waals surface area contributed by atoms with Gasteiger partial charge in [-0.2, -0.15) is 0 Å². The van der Waals surface area contributed by atoms with Crippen LogP contribution < -0.4 is 15.8 Å². The highest BCUT2D eigenvalue weighted by Gasteiger charge is 2.15. The number of aliphatic imine (C=N–C) groups is 1. The van der Waals surface area contributed by atoms with Crippen LogP contribution in [0.5, 0.6) is 11.5 Å². The van der Waals surface area contributed by atoms with Crippen molar-refractivity contribution in [2.24, 2.45) is 10.7 Å². The van der Waals surface area contributed by atoms with Crippen molar-refractivity contribution in [2.45, 2.75) is 19.3 Å². The molecule has 0 atom stereocenters. The first-order valence-corrected chi connectivity index (χ1v) is 8.88. The van der Waals surface area contributed by atoms with Crippen molar-refractivity contribution < 1.29 is 9.53 Å². The number of nitrogens with zero attached hydrogens (tertiary/aromatic N) is 2. The number of hydrogen-bond acceptors (Lipinski definition) is 3. The van der Waals surface area contributed by atoms with E-state index in [0.717, 1.165) is 37.4 Å². The number of nitrogens with one attached hydrogen (secondary N) is 1. The molecule has 1 saturated heterocycles. The third-order valence-electron chi connectivity index (χ3n) is 4.18. The van der Waals surface area contributed by atoms with Gasteiger partial charge in [-0.15, -0.1) is 0 Å². The normalized spacial score (nSPS) is 14.8. The second-order valence-corrected chi connectivity index (χ2v) is 6.21. The van der Waals surface area contributed by atoms with Crippen molar-refractivity contribution in [2.75, 3.05) is 25.0 Å². The summed E-state index contributed by atoms with van der Waals surface area (Å²) in [5.41, 5.74) is 6.67. The molecule has 0 aromatic heterocycles. The Morgan fingerprint density at radius 2 is 1.77 bits per heavy atom. The van der Waals surface area contributed by atoms with Crippen LogP contribution in [0.25, 0.3) is 0 Å². The third-order valence-corrected chi connectivity index (χ3v) is 4.18. The number of nitrogens with two attached hydrogens (primary N) is 1. The molecule has 1 heterocycles. The first-order valence-electron chi connectivity index (χ1n) is 8.88. The molecule has 1 aliphatic rings. The Morgan fingerprint density at radius 3 is 2.54 bits per heavy atom. The summed E-state index contributed by atoms with van der Waals surface area (Å²) >= 11 is 0. The van der Waals surface area contributed by atoms with Crippen molar-refractivity contribution in [3.8, 4) is 11.5 Å². The van der Waals surface area contributed by atoms with E-state index >= 15 is 0 Å². The molecular formula is C20H24N4O2. The Kier molecular flexibility index (Phi) is 6.09. The Bertz CT molecular complexity index is 755. The number of benzene rings is 2. The van der Waals surface area contributed by atoms with Gasteiger partial charge in [0, 0.05) is 24.8 Å². The zero-order chi connectivity index (χ0) is 18.2. The first-order chi connectivity index (χ1) is 12.7. The van der Waals surface area contributed by atoms with Crippen LogP contribution in [0.1, 0.15) is 19.3 Å². The standard InChI is InChI=1S/C20H24N4O2/c21-20(22-15-19(25)24-12-5-2-6-13-24)23-16-8-7-11-18(14-16)26-17-9-3-1-4-10-17/h1,3-4,7-11,14H,2,5-6,12-13,15H2,(H3,21,22,23). The molecule has 0 spiro atoms. The average Bonchev–Trinajstić information content (AvgIpc) is 2.68. The molecule has 2 aromatic carbocycles. The molecule has 6 nitrogen and oxygen atoms in total. The average molecular weight is 352 g/mol. The minimum absolute atomic E-state index is 0.0237. The number of ether oxygens (including phenoxy) is 1. The zero-order valence-corrected chi connectivity index (χ0v) is 14.7. The van der Waals surface area contributed by atoms with E-state index in [0.29, 0.717) is 5.75 Å². The van der Waals surface area contributed by atoms with Gasteiger partial charge in [-0.25, -0.2) is 4.99 Å². The molecule has 2 aromatic rings. The van der Waals surface area contributed by atoms with E-state index in [1.165, 1.54) is 6.42 Å². The van der Waals surface area contributed by atoms with E-state index in [1.807, 2.05) is 59.5 Å². The van der Waals surface area contributed by atoms with E-state index < -0.39 is 0 Å². The number of guanidine groups is 1. The van der Waals surface area contributed by atoms with Crippen molar-refractivity contribution in [1.82, 2.24) is 4.90 Å². The fourth-order valence-corrected chi connectivity index (χ4v) is 2.85. The van der Waals surface area contributed by atoms with Gasteiger partial charge < -0.3 is 20.7 Å². The molecular weight excluding hydrogens is 328 g/mol. The van der Waals surface area contributed by atoms with Crippen LogP contribution in [0.2, 0.25) is 0 Å². The molecule has 1 aliphatic heterocycles. The maximum atomic E-state index is 12.1. The van der Waals surface area contributed by atoms with Crippen molar-refractivity contribution in [3.05, 3.63) is 54.6 Å². The minimum Gasteiger partial charge on any atom is -0.457 e. The Morgan fingerprint density at radius 1 is 1.04 bits per heavy atom. The SMILES string of the molecule is NC(=NCC(=O)N1CCCCC1)Nc1cccc(Oc2ccccc2)c1. The molecule has 0 bridgehead atoms. The third kappa shape index (κ3) is 5.24. The highest BCUT2D eigenvalue weighted by molar-refractivity contribution is 5.94. The number of carbonyl (C=O) groups is 1. The second kappa shape index (κ2) is 8.89. The number of para-hydroxylation sites is 1. The van der Waals surface area contributed by atoms with Gasteiger partial charge in [0.05, 0.1) is 0 Å². The van der Waals surface area contributed by atoms with Crippen LogP contribution in [0.3, 0.4) is 0 Å². The predicted octanol–water partition coefficient (Wildman–Crippen LogP) is 3.22. The molecule has 0 aliphatic carbocycles. The summed E-state index contributed by atoms with van der Waals surface area (Å²) in [5, 5.41) is 3.00. The lowest BCUT2D eigenvalue weighted by Crippen LogP contribution is -2.37. The van der Waals surface area contributed by atoms with Crippen LogP contribution >= 0.6 is 0 Å². The summed E-state index contributed by atoms with van der Waals surface area (Å²) in [6, 6.07) is 17.0. The lowest BCUT2D eigenvalue weighted by Gasteiger charge is -2.26. The molecule has 1 amide bonds. The van der Waals surface area contributed by atoms with Gasteiger partial charge in [-0.3, -0.25) is 4.79 Å². The highest BCUT2D eigenvalue weighted by Crippen LogP contribution is 2.23. The number of likely N-dealkylation sites (tertiary alicyclic amines) is 1. The van der Waals surface area contributed by atoms with Gasteiger partial charge in [0.15, 0.2) is 5.96 Å². The smallest absolute Gasteiger partial charge is 0.244 e. The topological polar surface area (TPSA) is 80.0 Å². The summed E-state index contributed by atoms with van der Waals surface area (Å²) in [4.78, 5) is 18.1. The fraction of sp³-hybridized carbons (Fsp3) is 0.300. The number of piperidine rings is 1. The molecule has 6 heteroatoms. The summed E-state index contributed by atoms with van der Waals surface area (Å²) in [6.07, 6.45) is 3.33. The van der Waals surface area contributed by atoms with Crippen LogP contribution in [-0.2, 0) is 4.79 Å². The second-order valence-electron chi connectivity index (χ2n) is 6.21. The monoisotopic (exact) mass is 352 g/mol. The maximum Gasteiger partial charge on any atom is 0.244 e. The number of amides is 1. The Balaban J connectivity index is 1.55. The molecule has 1 fully saturated rings. The van der Waals surface area contributed by atoms with Gasteiger partial charge in [0.1, 0.15) is 18.0 Å². The maximum absolute atomic E-state index is 12.1. The number of anilines is 1. The molecule has 0 unspecified atom stereocenters. The first kappa shape index (κ1) is 17.8. The van der Waals surface area contributed by atoms with E-state index in [2.05, 4.69) is 10.3 Å². The summed E-state index contributed by atoms with van der Waals surface area (Å²) in [7, 11) is 0. The summed E-state index contributed by atoms with van der Waals surface area (Å²) in [5.74, 6) is 1.69. The summed E-state index contributed by atoms with van der Waals surface area (Å²) in [6.45, 7) is 1.71. The van der Waals surface area contributed by atoms with Crippen LogP contribution in [0.15, 0.2) is 59.6 Å². The van der Waals surface area contributed by atoms with Gasteiger partial charge >= 0.3 is 0 Å². The van der Waals surface area contributed by atoms with Crippen molar-refractivity contribution >= 4 is 17.6 Å². The number of rotatable bonds is 5. The number of hydrogen-bond donors (Lipinski definition) is 2. The van der Waals surface area contributed by atoms with Gasteiger partial charge in [0.2, 0.25) is 5.91 Å². The van der Waals surface area contributed by atoms with E-state index in [9.17, 15) is 4.79 Å². The van der Waals surface area contributed by atoms with E-state index in [-0.39, 0.29) is 18.4 Å². The molecule has 136 valence electrons. The van der Waals surface area contributed by atoms with E-state index in [1.54, 1.807) is 0 Å². The molecule has 3 rings (SSSR count). The molecule has 0 radical (unpaired) electrons. The highest BCUT2D eigenvalue weighted by atomic mass is 16.5. The lowest BCUT2D eigenvalue weighted by atomic mass is 10.1. The Labute approximate surface area is 153 Å².